The van der Waals surface area contributed by atoms with E-state index in [1.807, 2.05) is 9.80 Å². The Bertz CT molecular complexity index is 696. The van der Waals surface area contributed by atoms with Crippen molar-refractivity contribution in [2.24, 2.45) is 11.7 Å². The molecule has 3 amide bonds. The first-order chi connectivity index (χ1) is 13.1. The van der Waals surface area contributed by atoms with E-state index in [9.17, 15) is 9.59 Å². The molecule has 1 atom stereocenters. The van der Waals surface area contributed by atoms with E-state index < -0.39 is 0 Å². The molecule has 2 saturated heterocycles. The molecular weight excluding hydrogens is 344 g/mol. The molecule has 3 aliphatic heterocycles. The summed E-state index contributed by atoms with van der Waals surface area (Å²) in [5, 5.41) is 4.77. The minimum Gasteiger partial charge on any atom is -0.369 e. The molecule has 8 nitrogen and oxygen atoms in total. The van der Waals surface area contributed by atoms with Crippen LogP contribution in [0.2, 0.25) is 0 Å². The maximum atomic E-state index is 12.8. The number of piperidine rings is 1. The van der Waals surface area contributed by atoms with Gasteiger partial charge >= 0.3 is 6.03 Å². The summed E-state index contributed by atoms with van der Waals surface area (Å²) in [7, 11) is 0. The van der Waals surface area contributed by atoms with Gasteiger partial charge in [-0.1, -0.05) is 0 Å². The zero-order valence-electron chi connectivity index (χ0n) is 16.0. The molecule has 0 radical (unpaired) electrons. The largest absolute Gasteiger partial charge is 0.369 e. The number of fused-ring (bicyclic) bond motifs is 1. The van der Waals surface area contributed by atoms with Gasteiger partial charge in [-0.2, -0.15) is 5.10 Å². The molecule has 1 unspecified atom stereocenters. The van der Waals surface area contributed by atoms with E-state index in [1.54, 1.807) is 0 Å². The van der Waals surface area contributed by atoms with Gasteiger partial charge in [0.25, 0.3) is 0 Å². The zero-order chi connectivity index (χ0) is 18.8. The van der Waals surface area contributed by atoms with Gasteiger partial charge in [0.2, 0.25) is 5.91 Å². The standard InChI is InChI=1S/C19H30N6O2/c20-18(26)15-5-3-6-22(12-15)13-16-11-17-14-24(9-4-10-25(17)21-16)19(27)23-7-1-2-8-23/h11,15H,1-10,12-14H2,(H2,20,26). The van der Waals surface area contributed by atoms with E-state index in [4.69, 9.17) is 10.8 Å². The number of carbonyl (C=O) groups excluding carboxylic acids is 2. The first-order valence-electron chi connectivity index (χ1n) is 10.2. The lowest BCUT2D eigenvalue weighted by atomic mass is 9.97. The number of aryl methyl sites for hydroxylation is 1. The van der Waals surface area contributed by atoms with Crippen LogP contribution in [0.5, 0.6) is 0 Å². The number of nitrogens with zero attached hydrogens (tertiary/aromatic N) is 5. The first kappa shape index (κ1) is 18.3. The minimum absolute atomic E-state index is 0.0484. The molecule has 2 N–H and O–H groups in total. The Labute approximate surface area is 160 Å². The van der Waals surface area contributed by atoms with Gasteiger partial charge in [-0.05, 0) is 44.7 Å². The lowest BCUT2D eigenvalue weighted by Gasteiger charge is -2.30. The second kappa shape index (κ2) is 7.88. The molecule has 27 heavy (non-hydrogen) atoms. The molecule has 4 rings (SSSR count). The number of aromatic nitrogens is 2. The van der Waals surface area contributed by atoms with Gasteiger partial charge in [-0.15, -0.1) is 0 Å². The highest BCUT2D eigenvalue weighted by atomic mass is 16.2. The zero-order valence-corrected chi connectivity index (χ0v) is 16.0. The SMILES string of the molecule is NC(=O)C1CCCN(Cc2cc3n(n2)CCCN(C(=O)N2CCCC2)C3)C1. The van der Waals surface area contributed by atoms with Crippen LogP contribution in [0, 0.1) is 5.92 Å². The molecule has 3 aliphatic rings. The van der Waals surface area contributed by atoms with Gasteiger partial charge in [0, 0.05) is 39.3 Å². The van der Waals surface area contributed by atoms with Crippen LogP contribution in [0.15, 0.2) is 6.07 Å². The summed E-state index contributed by atoms with van der Waals surface area (Å²) in [6.45, 7) is 6.48. The van der Waals surface area contributed by atoms with Gasteiger partial charge in [0.15, 0.2) is 0 Å². The van der Waals surface area contributed by atoms with Crippen LogP contribution in [0.25, 0.3) is 0 Å². The van der Waals surface area contributed by atoms with Crippen LogP contribution < -0.4 is 5.73 Å². The quantitative estimate of drug-likeness (QED) is 0.855. The molecule has 0 aromatic carbocycles. The molecular formula is C19H30N6O2. The highest BCUT2D eigenvalue weighted by Gasteiger charge is 2.28. The average Bonchev–Trinajstić information content (AvgIpc) is 3.27. The maximum absolute atomic E-state index is 12.8. The van der Waals surface area contributed by atoms with E-state index in [0.29, 0.717) is 6.54 Å². The number of hydrogen-bond donors (Lipinski definition) is 1. The third-order valence-corrected chi connectivity index (χ3v) is 6.01. The number of nitrogens with two attached hydrogens (primary N) is 1. The summed E-state index contributed by atoms with van der Waals surface area (Å²) in [5.41, 5.74) is 7.62. The summed E-state index contributed by atoms with van der Waals surface area (Å²) in [5.74, 6) is -0.246. The number of urea groups is 1. The van der Waals surface area contributed by atoms with Crippen LogP contribution in [0.1, 0.15) is 43.5 Å². The predicted octanol–water partition coefficient (Wildman–Crippen LogP) is 1.00. The highest BCUT2D eigenvalue weighted by molar-refractivity contribution is 5.77. The monoisotopic (exact) mass is 374 g/mol. The first-order valence-corrected chi connectivity index (χ1v) is 10.2. The van der Waals surface area contributed by atoms with E-state index in [2.05, 4.69) is 15.6 Å². The second-order valence-electron chi connectivity index (χ2n) is 8.08. The third kappa shape index (κ3) is 4.10. The van der Waals surface area contributed by atoms with Gasteiger partial charge in [-0.25, -0.2) is 4.79 Å². The number of amides is 3. The maximum Gasteiger partial charge on any atom is 0.320 e. The number of rotatable bonds is 3. The van der Waals surface area contributed by atoms with Crippen molar-refractivity contribution in [3.63, 3.8) is 0 Å². The summed E-state index contributed by atoms with van der Waals surface area (Å²) in [6, 6.07) is 2.30. The Balaban J connectivity index is 1.41. The normalized spacial score (nSPS) is 23.9. The molecule has 1 aromatic heterocycles. The minimum atomic E-state index is -0.198. The van der Waals surface area contributed by atoms with E-state index >= 15 is 0 Å². The van der Waals surface area contributed by atoms with Crippen LogP contribution in [-0.2, 0) is 24.4 Å². The fraction of sp³-hybridized carbons (Fsp3) is 0.737. The van der Waals surface area contributed by atoms with Crippen molar-refractivity contribution in [1.82, 2.24) is 24.5 Å². The molecule has 0 spiro atoms. The predicted molar refractivity (Wildman–Crippen MR) is 101 cm³/mol. The average molecular weight is 374 g/mol. The fourth-order valence-corrected chi connectivity index (χ4v) is 4.53. The Morgan fingerprint density at radius 1 is 1.04 bits per heavy atom. The lowest BCUT2D eigenvalue weighted by molar-refractivity contribution is -0.123. The van der Waals surface area contributed by atoms with Crippen molar-refractivity contribution in [2.75, 3.05) is 32.7 Å². The van der Waals surface area contributed by atoms with Gasteiger partial charge < -0.3 is 15.5 Å². The summed E-state index contributed by atoms with van der Waals surface area (Å²) < 4.78 is 2.06. The van der Waals surface area contributed by atoms with Crippen molar-refractivity contribution < 1.29 is 9.59 Å². The number of likely N-dealkylation sites (tertiary alicyclic amines) is 2. The molecule has 0 saturated carbocycles. The van der Waals surface area contributed by atoms with Gasteiger partial charge in [-0.3, -0.25) is 14.4 Å². The Hall–Kier alpha value is -2.09. The number of carbonyl (C=O) groups is 2. The smallest absolute Gasteiger partial charge is 0.320 e. The van der Waals surface area contributed by atoms with E-state index in [-0.39, 0.29) is 17.9 Å². The van der Waals surface area contributed by atoms with E-state index in [1.165, 1.54) is 0 Å². The topological polar surface area (TPSA) is 87.7 Å². The van der Waals surface area contributed by atoms with Crippen molar-refractivity contribution in [1.29, 1.82) is 0 Å². The molecule has 4 heterocycles. The molecule has 8 heteroatoms. The van der Waals surface area contributed by atoms with Crippen LogP contribution >= 0.6 is 0 Å². The Morgan fingerprint density at radius 2 is 1.81 bits per heavy atom. The van der Waals surface area contributed by atoms with Crippen molar-refractivity contribution >= 4 is 11.9 Å². The molecule has 1 aromatic rings. The fourth-order valence-electron chi connectivity index (χ4n) is 4.53. The molecule has 0 aliphatic carbocycles. The number of primary amides is 1. The molecule has 148 valence electrons. The number of hydrogen-bond acceptors (Lipinski definition) is 4. The van der Waals surface area contributed by atoms with Crippen molar-refractivity contribution in [3.8, 4) is 0 Å². The van der Waals surface area contributed by atoms with Crippen LogP contribution in [0.3, 0.4) is 0 Å². The second-order valence-corrected chi connectivity index (χ2v) is 8.08. The Kier molecular flexibility index (Phi) is 5.33. The highest BCUT2D eigenvalue weighted by Crippen LogP contribution is 2.21. The Morgan fingerprint density at radius 3 is 2.59 bits per heavy atom. The van der Waals surface area contributed by atoms with Gasteiger partial charge in [0.1, 0.15) is 0 Å². The summed E-state index contributed by atoms with van der Waals surface area (Å²) >= 11 is 0. The van der Waals surface area contributed by atoms with Crippen molar-refractivity contribution in [3.05, 3.63) is 17.5 Å². The molecule has 2 fully saturated rings. The van der Waals surface area contributed by atoms with Crippen LogP contribution in [-0.4, -0.2) is 69.1 Å². The summed E-state index contributed by atoms with van der Waals surface area (Å²) in [6.07, 6.45) is 5.05. The van der Waals surface area contributed by atoms with E-state index in [0.717, 1.165) is 89.3 Å². The van der Waals surface area contributed by atoms with Crippen molar-refractivity contribution in [2.45, 2.75) is 51.7 Å². The molecule has 0 bridgehead atoms. The lowest BCUT2D eigenvalue weighted by Crippen LogP contribution is -2.41. The summed E-state index contributed by atoms with van der Waals surface area (Å²) in [4.78, 5) is 30.5. The third-order valence-electron chi connectivity index (χ3n) is 6.01. The van der Waals surface area contributed by atoms with Gasteiger partial charge in [0.05, 0.1) is 23.9 Å². The van der Waals surface area contributed by atoms with Crippen LogP contribution in [0.4, 0.5) is 4.79 Å².